The minimum atomic E-state index is -5.08. The summed E-state index contributed by atoms with van der Waals surface area (Å²) in [4.78, 5) is 26.5. The molecule has 1 saturated carbocycles. The molecule has 1 aromatic carbocycles. The van der Waals surface area contributed by atoms with Gasteiger partial charge < -0.3 is 15.0 Å². The molecule has 5 nitrogen and oxygen atoms in total. The molecule has 31 heavy (non-hydrogen) atoms. The van der Waals surface area contributed by atoms with E-state index in [2.05, 4.69) is 5.32 Å². The van der Waals surface area contributed by atoms with Gasteiger partial charge >= 0.3 is 12.1 Å². The van der Waals surface area contributed by atoms with Gasteiger partial charge in [0.25, 0.3) is 0 Å². The Kier molecular flexibility index (Phi) is 7.59. The molecule has 1 aromatic heterocycles. The first-order valence-electron chi connectivity index (χ1n) is 10.1. The molecule has 1 aliphatic rings. The number of carbonyl (C=O) groups excluding carboxylic acids is 2. The van der Waals surface area contributed by atoms with Gasteiger partial charge in [0.2, 0.25) is 5.91 Å². The van der Waals surface area contributed by atoms with Crippen molar-refractivity contribution in [3.8, 4) is 5.75 Å². The van der Waals surface area contributed by atoms with Crippen LogP contribution in [0.25, 0.3) is 0 Å². The fraction of sp³-hybridized carbons (Fsp3) is 0.455. The van der Waals surface area contributed by atoms with Crippen LogP contribution >= 0.6 is 11.3 Å². The van der Waals surface area contributed by atoms with Crippen LogP contribution < -0.4 is 10.1 Å². The number of hydrogen-bond acceptors (Lipinski definition) is 4. The fourth-order valence-corrected chi connectivity index (χ4v) is 4.61. The number of halogens is 3. The van der Waals surface area contributed by atoms with Gasteiger partial charge in [-0.2, -0.15) is 13.2 Å². The second-order valence-corrected chi connectivity index (χ2v) is 8.48. The monoisotopic (exact) mass is 454 g/mol. The number of ether oxygens (including phenoxy) is 1. The van der Waals surface area contributed by atoms with Crippen molar-refractivity contribution in [2.75, 3.05) is 13.7 Å². The molecular formula is C22H25F3N2O3S. The number of thiophene rings is 1. The standard InChI is InChI=1S/C22H25F3N2O3S/c1-30-17-10-8-15(9-11-17)12-13-27(21(29)22(23,24)25)19(18-7-4-14-31-18)20(28)26-16-5-2-3-6-16/h4,7-11,14,16,19H,2-3,5-6,12-13H2,1H3,(H,26,28)/t19-/m1/s1. The van der Waals surface area contributed by atoms with Gasteiger partial charge in [-0.3, -0.25) is 9.59 Å². The first kappa shape index (κ1) is 23.1. The van der Waals surface area contributed by atoms with Crippen LogP contribution in [0.4, 0.5) is 13.2 Å². The molecule has 1 aliphatic carbocycles. The Hall–Kier alpha value is -2.55. The maximum absolute atomic E-state index is 13.5. The number of alkyl halides is 3. The maximum Gasteiger partial charge on any atom is 0.471 e. The Morgan fingerprint density at radius 3 is 2.42 bits per heavy atom. The number of amides is 2. The summed E-state index contributed by atoms with van der Waals surface area (Å²) in [5, 5.41) is 4.54. The lowest BCUT2D eigenvalue weighted by Gasteiger charge is -2.32. The summed E-state index contributed by atoms with van der Waals surface area (Å²) in [6.07, 6.45) is -1.38. The zero-order chi connectivity index (χ0) is 22.4. The largest absolute Gasteiger partial charge is 0.497 e. The smallest absolute Gasteiger partial charge is 0.471 e. The summed E-state index contributed by atoms with van der Waals surface area (Å²) in [5.41, 5.74) is 0.738. The van der Waals surface area contributed by atoms with Gasteiger partial charge in [0.15, 0.2) is 0 Å². The molecule has 0 spiro atoms. The highest BCUT2D eigenvalue weighted by molar-refractivity contribution is 7.10. The van der Waals surface area contributed by atoms with Crippen molar-refractivity contribution < 1.29 is 27.5 Å². The zero-order valence-corrected chi connectivity index (χ0v) is 18.0. The number of nitrogens with zero attached hydrogens (tertiary/aromatic N) is 1. The van der Waals surface area contributed by atoms with Crippen LogP contribution in [-0.2, 0) is 16.0 Å². The highest BCUT2D eigenvalue weighted by Crippen LogP contribution is 2.31. The highest BCUT2D eigenvalue weighted by Gasteiger charge is 2.46. The molecule has 1 fully saturated rings. The number of nitrogens with one attached hydrogen (secondary N) is 1. The van der Waals surface area contributed by atoms with Crippen LogP contribution in [0.5, 0.6) is 5.75 Å². The van der Waals surface area contributed by atoms with E-state index >= 15 is 0 Å². The van der Waals surface area contributed by atoms with Gasteiger partial charge in [-0.15, -0.1) is 11.3 Å². The first-order valence-corrected chi connectivity index (χ1v) is 11.0. The molecule has 2 amide bonds. The van der Waals surface area contributed by atoms with Gasteiger partial charge in [0, 0.05) is 17.5 Å². The van der Waals surface area contributed by atoms with E-state index in [-0.39, 0.29) is 19.0 Å². The predicted molar refractivity (Wildman–Crippen MR) is 112 cm³/mol. The summed E-state index contributed by atoms with van der Waals surface area (Å²) in [7, 11) is 1.52. The van der Waals surface area contributed by atoms with Crippen molar-refractivity contribution in [1.82, 2.24) is 10.2 Å². The van der Waals surface area contributed by atoms with Crippen molar-refractivity contribution in [3.63, 3.8) is 0 Å². The molecule has 0 radical (unpaired) electrons. The van der Waals surface area contributed by atoms with Gasteiger partial charge in [-0.1, -0.05) is 31.0 Å². The maximum atomic E-state index is 13.5. The Morgan fingerprint density at radius 1 is 1.19 bits per heavy atom. The molecule has 0 unspecified atom stereocenters. The van der Waals surface area contributed by atoms with Crippen LogP contribution in [0.3, 0.4) is 0 Å². The molecule has 1 atom stereocenters. The Bertz CT molecular complexity index is 863. The van der Waals surface area contributed by atoms with Crippen LogP contribution in [0.1, 0.15) is 42.2 Å². The normalized spacial score (nSPS) is 15.5. The minimum Gasteiger partial charge on any atom is -0.497 e. The van der Waals surface area contributed by atoms with Crippen molar-refractivity contribution in [2.45, 2.75) is 50.4 Å². The third-order valence-corrected chi connectivity index (χ3v) is 6.30. The minimum absolute atomic E-state index is 0.0700. The van der Waals surface area contributed by atoms with E-state index in [1.165, 1.54) is 7.11 Å². The number of rotatable bonds is 8. The Balaban J connectivity index is 1.86. The zero-order valence-electron chi connectivity index (χ0n) is 17.2. The summed E-state index contributed by atoms with van der Waals surface area (Å²) < 4.78 is 45.5. The summed E-state index contributed by atoms with van der Waals surface area (Å²) in [6.45, 7) is -0.245. The van der Waals surface area contributed by atoms with Crippen molar-refractivity contribution >= 4 is 23.2 Å². The predicted octanol–water partition coefficient (Wildman–Crippen LogP) is 4.49. The van der Waals surface area contributed by atoms with E-state index in [0.29, 0.717) is 15.5 Å². The average Bonchev–Trinajstić information content (AvgIpc) is 3.44. The van der Waals surface area contributed by atoms with E-state index in [4.69, 9.17) is 4.74 Å². The molecule has 0 aliphatic heterocycles. The molecule has 1 heterocycles. The van der Waals surface area contributed by atoms with Crippen LogP contribution in [0, 0.1) is 0 Å². The fourth-order valence-electron chi connectivity index (χ4n) is 3.77. The van der Waals surface area contributed by atoms with E-state index in [1.54, 1.807) is 41.8 Å². The van der Waals surface area contributed by atoms with Gasteiger partial charge in [-0.05, 0) is 48.4 Å². The summed E-state index contributed by atoms with van der Waals surface area (Å²) in [6, 6.07) is 8.72. The average molecular weight is 455 g/mol. The van der Waals surface area contributed by atoms with E-state index in [9.17, 15) is 22.8 Å². The number of benzene rings is 1. The van der Waals surface area contributed by atoms with Crippen molar-refractivity contribution in [3.05, 3.63) is 52.2 Å². The molecular weight excluding hydrogens is 429 g/mol. The summed E-state index contributed by atoms with van der Waals surface area (Å²) >= 11 is 1.16. The van der Waals surface area contributed by atoms with Crippen LogP contribution in [-0.4, -0.2) is 42.6 Å². The van der Waals surface area contributed by atoms with E-state index in [1.807, 2.05) is 0 Å². The van der Waals surface area contributed by atoms with Crippen molar-refractivity contribution in [1.29, 1.82) is 0 Å². The second kappa shape index (κ2) is 10.2. The Labute approximate surface area is 183 Å². The molecule has 0 saturated heterocycles. The third kappa shape index (κ3) is 6.00. The molecule has 3 rings (SSSR count). The third-order valence-electron chi connectivity index (χ3n) is 5.38. The molecule has 0 bridgehead atoms. The number of hydrogen-bond donors (Lipinski definition) is 1. The van der Waals surface area contributed by atoms with Gasteiger partial charge in [-0.25, -0.2) is 0 Å². The second-order valence-electron chi connectivity index (χ2n) is 7.50. The van der Waals surface area contributed by atoms with Gasteiger partial charge in [0.1, 0.15) is 11.8 Å². The van der Waals surface area contributed by atoms with E-state index in [0.717, 1.165) is 42.6 Å². The van der Waals surface area contributed by atoms with Crippen LogP contribution in [0.2, 0.25) is 0 Å². The van der Waals surface area contributed by atoms with Crippen molar-refractivity contribution in [2.24, 2.45) is 0 Å². The lowest BCUT2D eigenvalue weighted by Crippen LogP contribution is -2.50. The summed E-state index contributed by atoms with van der Waals surface area (Å²) in [5.74, 6) is -1.96. The highest BCUT2D eigenvalue weighted by atomic mass is 32.1. The molecule has 168 valence electrons. The lowest BCUT2D eigenvalue weighted by molar-refractivity contribution is -0.188. The topological polar surface area (TPSA) is 58.6 Å². The van der Waals surface area contributed by atoms with Gasteiger partial charge in [0.05, 0.1) is 7.11 Å². The Morgan fingerprint density at radius 2 is 1.87 bits per heavy atom. The molecule has 9 heteroatoms. The SMILES string of the molecule is COc1ccc(CCN(C(=O)C(F)(F)F)[C@@H](C(=O)NC2CCCC2)c2cccs2)cc1. The van der Waals surface area contributed by atoms with E-state index < -0.39 is 24.0 Å². The lowest BCUT2D eigenvalue weighted by atomic mass is 10.1. The first-order chi connectivity index (χ1) is 14.8. The number of methoxy groups -OCH3 is 1. The molecule has 1 N–H and O–H groups in total. The van der Waals surface area contributed by atoms with Crippen LogP contribution in [0.15, 0.2) is 41.8 Å². The quantitative estimate of drug-likeness (QED) is 0.640. The molecule has 2 aromatic rings. The number of carbonyl (C=O) groups is 2.